The number of hydrogen-bond donors (Lipinski definition) is 0. The van der Waals surface area contributed by atoms with Crippen molar-refractivity contribution >= 4 is 28.9 Å². The summed E-state index contributed by atoms with van der Waals surface area (Å²) in [5.74, 6) is -0.259. The standard InChI is InChI=1S/C14H17ClN2O4/c1-8-4-13(17(19)20)11(15)5-12(8)16-6-9(2)10(7-16)14(18)21-3/h4-5,9-10H,6-7H2,1-3H3. The van der Waals surface area contributed by atoms with Gasteiger partial charge in [0, 0.05) is 24.8 Å². The lowest BCUT2D eigenvalue weighted by molar-refractivity contribution is -0.384. The Labute approximate surface area is 127 Å². The minimum absolute atomic E-state index is 0.102. The normalized spacial score (nSPS) is 21.4. The fraction of sp³-hybridized carbons (Fsp3) is 0.500. The van der Waals surface area contributed by atoms with Crippen molar-refractivity contribution in [3.05, 3.63) is 32.8 Å². The summed E-state index contributed by atoms with van der Waals surface area (Å²) in [6.45, 7) is 5.01. The van der Waals surface area contributed by atoms with Crippen LogP contribution in [0.5, 0.6) is 0 Å². The molecular formula is C14H17ClN2O4. The molecule has 0 aliphatic carbocycles. The Morgan fingerprint density at radius 3 is 2.71 bits per heavy atom. The molecule has 2 atom stereocenters. The second-order valence-electron chi connectivity index (χ2n) is 5.36. The molecule has 7 heteroatoms. The smallest absolute Gasteiger partial charge is 0.310 e. The van der Waals surface area contributed by atoms with E-state index in [1.807, 2.05) is 11.8 Å². The first-order valence-corrected chi connectivity index (χ1v) is 7.00. The van der Waals surface area contributed by atoms with Crippen LogP contribution in [0.1, 0.15) is 12.5 Å². The lowest BCUT2D eigenvalue weighted by Gasteiger charge is -2.21. The zero-order valence-electron chi connectivity index (χ0n) is 12.1. The Bertz CT molecular complexity index is 591. The van der Waals surface area contributed by atoms with Crippen molar-refractivity contribution in [2.24, 2.45) is 11.8 Å². The number of anilines is 1. The predicted octanol–water partition coefficient (Wildman–Crippen LogP) is 2.80. The van der Waals surface area contributed by atoms with Gasteiger partial charge in [-0.2, -0.15) is 0 Å². The van der Waals surface area contributed by atoms with E-state index in [0.29, 0.717) is 13.1 Å². The topological polar surface area (TPSA) is 72.7 Å². The predicted molar refractivity (Wildman–Crippen MR) is 79.7 cm³/mol. The molecule has 1 aliphatic heterocycles. The van der Waals surface area contributed by atoms with E-state index in [-0.39, 0.29) is 28.5 Å². The minimum Gasteiger partial charge on any atom is -0.469 e. The summed E-state index contributed by atoms with van der Waals surface area (Å²) in [6, 6.07) is 3.06. The third kappa shape index (κ3) is 2.95. The quantitative estimate of drug-likeness (QED) is 0.487. The van der Waals surface area contributed by atoms with E-state index in [1.165, 1.54) is 13.2 Å². The molecule has 21 heavy (non-hydrogen) atoms. The summed E-state index contributed by atoms with van der Waals surface area (Å²) in [5, 5.41) is 11.0. The van der Waals surface area contributed by atoms with Crippen molar-refractivity contribution in [3.8, 4) is 0 Å². The highest BCUT2D eigenvalue weighted by Crippen LogP contribution is 2.36. The summed E-state index contributed by atoms with van der Waals surface area (Å²) in [5.41, 5.74) is 1.49. The van der Waals surface area contributed by atoms with Gasteiger partial charge < -0.3 is 9.64 Å². The van der Waals surface area contributed by atoms with E-state index in [9.17, 15) is 14.9 Å². The zero-order valence-corrected chi connectivity index (χ0v) is 12.9. The minimum atomic E-state index is -0.497. The Kier molecular flexibility index (Phi) is 4.37. The van der Waals surface area contributed by atoms with Gasteiger partial charge in [-0.05, 0) is 24.5 Å². The maximum absolute atomic E-state index is 11.7. The Balaban J connectivity index is 2.30. The number of benzene rings is 1. The van der Waals surface area contributed by atoms with Crippen molar-refractivity contribution in [1.82, 2.24) is 0 Å². The van der Waals surface area contributed by atoms with E-state index in [4.69, 9.17) is 16.3 Å². The average Bonchev–Trinajstić information content (AvgIpc) is 2.81. The molecule has 1 aromatic carbocycles. The van der Waals surface area contributed by atoms with Gasteiger partial charge in [0.15, 0.2) is 0 Å². The summed E-state index contributed by atoms with van der Waals surface area (Å²) in [6.07, 6.45) is 0. The lowest BCUT2D eigenvalue weighted by atomic mass is 9.99. The third-order valence-corrected chi connectivity index (χ3v) is 4.22. The molecule has 0 aromatic heterocycles. The van der Waals surface area contributed by atoms with Crippen LogP contribution in [-0.2, 0) is 9.53 Å². The number of ether oxygens (including phenoxy) is 1. The summed E-state index contributed by atoms with van der Waals surface area (Å²) in [4.78, 5) is 24.1. The second kappa shape index (κ2) is 5.89. The van der Waals surface area contributed by atoms with Gasteiger partial charge >= 0.3 is 5.97 Å². The number of nitro groups is 1. The Hall–Kier alpha value is -1.82. The molecule has 1 saturated heterocycles. The average molecular weight is 313 g/mol. The van der Waals surface area contributed by atoms with Crippen molar-refractivity contribution in [2.45, 2.75) is 13.8 Å². The number of halogens is 1. The van der Waals surface area contributed by atoms with Crippen LogP contribution < -0.4 is 4.90 Å². The van der Waals surface area contributed by atoms with Crippen LogP contribution in [0.3, 0.4) is 0 Å². The van der Waals surface area contributed by atoms with Gasteiger partial charge in [0.05, 0.1) is 18.0 Å². The molecule has 2 unspecified atom stereocenters. The number of nitro benzene ring substituents is 1. The largest absolute Gasteiger partial charge is 0.469 e. The molecular weight excluding hydrogens is 296 g/mol. The highest BCUT2D eigenvalue weighted by atomic mass is 35.5. The lowest BCUT2D eigenvalue weighted by Crippen LogP contribution is -2.24. The summed E-state index contributed by atoms with van der Waals surface area (Å²) >= 11 is 5.98. The van der Waals surface area contributed by atoms with Gasteiger partial charge in [0.1, 0.15) is 5.02 Å². The van der Waals surface area contributed by atoms with Crippen molar-refractivity contribution < 1.29 is 14.5 Å². The molecule has 0 radical (unpaired) electrons. The molecule has 6 nitrogen and oxygen atoms in total. The first-order valence-electron chi connectivity index (χ1n) is 6.62. The molecule has 1 aromatic rings. The number of esters is 1. The van der Waals surface area contributed by atoms with Gasteiger partial charge in [-0.25, -0.2) is 0 Å². The van der Waals surface area contributed by atoms with Crippen LogP contribution in [-0.4, -0.2) is 31.1 Å². The van der Waals surface area contributed by atoms with Crippen molar-refractivity contribution in [2.75, 3.05) is 25.1 Å². The molecule has 0 amide bonds. The molecule has 0 spiro atoms. The van der Waals surface area contributed by atoms with Crippen molar-refractivity contribution in [1.29, 1.82) is 0 Å². The van der Waals surface area contributed by atoms with Gasteiger partial charge in [-0.1, -0.05) is 18.5 Å². The summed E-state index contributed by atoms with van der Waals surface area (Å²) < 4.78 is 4.81. The Morgan fingerprint density at radius 2 is 2.14 bits per heavy atom. The Morgan fingerprint density at radius 1 is 1.48 bits per heavy atom. The van der Waals surface area contributed by atoms with Gasteiger partial charge in [-0.3, -0.25) is 14.9 Å². The van der Waals surface area contributed by atoms with Crippen LogP contribution in [0.2, 0.25) is 5.02 Å². The van der Waals surface area contributed by atoms with Crippen LogP contribution in [0, 0.1) is 28.9 Å². The molecule has 1 aliphatic rings. The number of hydrogen-bond acceptors (Lipinski definition) is 5. The molecule has 114 valence electrons. The SMILES string of the molecule is COC(=O)C1CN(c2cc(Cl)c([N+](=O)[O-])cc2C)CC1C. The van der Waals surface area contributed by atoms with Gasteiger partial charge in [-0.15, -0.1) is 0 Å². The number of rotatable bonds is 3. The van der Waals surface area contributed by atoms with E-state index < -0.39 is 4.92 Å². The zero-order chi connectivity index (χ0) is 15.7. The van der Waals surface area contributed by atoms with E-state index in [2.05, 4.69) is 0 Å². The first kappa shape index (κ1) is 15.6. The number of methoxy groups -OCH3 is 1. The molecule has 0 bridgehead atoms. The fourth-order valence-corrected chi connectivity index (χ4v) is 2.98. The maximum Gasteiger partial charge on any atom is 0.310 e. The molecule has 1 fully saturated rings. The van der Waals surface area contributed by atoms with Gasteiger partial charge in [0.25, 0.3) is 5.69 Å². The third-order valence-electron chi connectivity index (χ3n) is 3.92. The fourth-order valence-electron chi connectivity index (χ4n) is 2.76. The second-order valence-corrected chi connectivity index (χ2v) is 5.77. The highest BCUT2D eigenvalue weighted by molar-refractivity contribution is 6.33. The molecule has 0 saturated carbocycles. The first-order chi connectivity index (χ1) is 9.85. The van der Waals surface area contributed by atoms with E-state index in [1.54, 1.807) is 13.0 Å². The highest BCUT2D eigenvalue weighted by Gasteiger charge is 2.36. The molecule has 2 rings (SSSR count). The summed E-state index contributed by atoms with van der Waals surface area (Å²) in [7, 11) is 1.38. The number of carbonyl (C=O) groups is 1. The molecule has 0 N–H and O–H groups in total. The van der Waals surface area contributed by atoms with E-state index >= 15 is 0 Å². The monoisotopic (exact) mass is 312 g/mol. The van der Waals surface area contributed by atoms with E-state index in [0.717, 1.165) is 11.3 Å². The van der Waals surface area contributed by atoms with Crippen LogP contribution >= 0.6 is 11.6 Å². The maximum atomic E-state index is 11.7. The molecule has 1 heterocycles. The number of aryl methyl sites for hydroxylation is 1. The number of carbonyl (C=O) groups excluding carboxylic acids is 1. The van der Waals surface area contributed by atoms with Crippen molar-refractivity contribution in [3.63, 3.8) is 0 Å². The van der Waals surface area contributed by atoms with Gasteiger partial charge in [0.2, 0.25) is 0 Å². The van der Waals surface area contributed by atoms with Crippen LogP contribution in [0.25, 0.3) is 0 Å². The number of nitrogens with zero attached hydrogens (tertiary/aromatic N) is 2. The van der Waals surface area contributed by atoms with Crippen LogP contribution in [0.15, 0.2) is 12.1 Å². The van der Waals surface area contributed by atoms with Crippen LogP contribution in [0.4, 0.5) is 11.4 Å².